The third-order valence-electron chi connectivity index (χ3n) is 2.00. The third-order valence-corrected chi connectivity index (χ3v) is 2.00. The third kappa shape index (κ3) is 5.38. The van der Waals surface area contributed by atoms with Crippen molar-refractivity contribution < 1.29 is 4.74 Å². The van der Waals surface area contributed by atoms with Crippen LogP contribution in [-0.2, 0) is 4.74 Å². The molecule has 0 radical (unpaired) electrons. The first kappa shape index (κ1) is 12.0. The Balaban J connectivity index is 2.42. The topological polar surface area (TPSA) is 9.23 Å². The zero-order valence-corrected chi connectivity index (χ0v) is 10.1. The Labute approximate surface area is 92.8 Å². The number of hydrogen-bond donors (Lipinski definition) is 0. The molecule has 1 aromatic carbocycles. The number of aryl methyl sites for hydroxylation is 1. The Bertz CT molecular complexity index is 314. The van der Waals surface area contributed by atoms with Crippen LogP contribution in [0.2, 0.25) is 0 Å². The molecule has 0 unspecified atom stereocenters. The van der Waals surface area contributed by atoms with Crippen molar-refractivity contribution in [3.05, 3.63) is 41.5 Å². The summed E-state index contributed by atoms with van der Waals surface area (Å²) in [7, 11) is 0. The molecule has 0 heterocycles. The maximum absolute atomic E-state index is 5.59. The van der Waals surface area contributed by atoms with Crippen LogP contribution in [0.15, 0.2) is 30.3 Å². The van der Waals surface area contributed by atoms with Gasteiger partial charge >= 0.3 is 0 Å². The molecule has 82 valence electrons. The van der Waals surface area contributed by atoms with Crippen LogP contribution < -0.4 is 0 Å². The van der Waals surface area contributed by atoms with Gasteiger partial charge in [-0.25, -0.2) is 0 Å². The largest absolute Gasteiger partial charge is 0.372 e. The van der Waals surface area contributed by atoms with Gasteiger partial charge in [-0.2, -0.15) is 0 Å². The molecule has 0 atom stereocenters. The Morgan fingerprint density at radius 3 is 2.27 bits per heavy atom. The van der Waals surface area contributed by atoms with Crippen LogP contribution in [-0.4, -0.2) is 12.2 Å². The normalized spacial score (nSPS) is 12.3. The Morgan fingerprint density at radius 2 is 1.73 bits per heavy atom. The SMILES string of the molecule is Cc1ccc(/C=C/COC(C)(C)C)cc1. The fourth-order valence-electron chi connectivity index (χ4n) is 1.16. The quantitative estimate of drug-likeness (QED) is 0.727. The summed E-state index contributed by atoms with van der Waals surface area (Å²) in [5.41, 5.74) is 2.45. The van der Waals surface area contributed by atoms with Crippen molar-refractivity contribution >= 4 is 6.08 Å². The van der Waals surface area contributed by atoms with Gasteiger partial charge in [0.25, 0.3) is 0 Å². The standard InChI is InChI=1S/C14H20O/c1-12-7-9-13(10-8-12)6-5-11-15-14(2,3)4/h5-10H,11H2,1-4H3/b6-5+. The maximum atomic E-state index is 5.59. The zero-order chi connectivity index (χ0) is 11.3. The molecule has 15 heavy (non-hydrogen) atoms. The van der Waals surface area contributed by atoms with Crippen molar-refractivity contribution in [2.24, 2.45) is 0 Å². The van der Waals surface area contributed by atoms with Crippen LogP contribution >= 0.6 is 0 Å². The van der Waals surface area contributed by atoms with Crippen LogP contribution in [0.4, 0.5) is 0 Å². The maximum Gasteiger partial charge on any atom is 0.0657 e. The lowest BCUT2D eigenvalue weighted by Crippen LogP contribution is -2.18. The molecule has 1 rings (SSSR count). The highest BCUT2D eigenvalue weighted by molar-refractivity contribution is 5.49. The van der Waals surface area contributed by atoms with Crippen molar-refractivity contribution in [1.82, 2.24) is 0 Å². The van der Waals surface area contributed by atoms with Crippen molar-refractivity contribution in [3.63, 3.8) is 0 Å². The average Bonchev–Trinajstić information content (AvgIpc) is 2.14. The zero-order valence-electron chi connectivity index (χ0n) is 10.1. The van der Waals surface area contributed by atoms with E-state index < -0.39 is 0 Å². The van der Waals surface area contributed by atoms with Crippen molar-refractivity contribution in [1.29, 1.82) is 0 Å². The van der Waals surface area contributed by atoms with Gasteiger partial charge in [-0.3, -0.25) is 0 Å². The molecular weight excluding hydrogens is 184 g/mol. The van der Waals surface area contributed by atoms with Gasteiger partial charge in [0.2, 0.25) is 0 Å². The molecule has 0 aromatic heterocycles. The predicted octanol–water partition coefficient (Wildman–Crippen LogP) is 3.82. The minimum Gasteiger partial charge on any atom is -0.372 e. The van der Waals surface area contributed by atoms with E-state index in [0.29, 0.717) is 6.61 Å². The van der Waals surface area contributed by atoms with E-state index in [2.05, 4.69) is 64.1 Å². The molecule has 0 aliphatic rings. The predicted molar refractivity (Wildman–Crippen MR) is 65.9 cm³/mol. The number of ether oxygens (including phenoxy) is 1. The Hall–Kier alpha value is -1.08. The molecule has 0 amide bonds. The lowest BCUT2D eigenvalue weighted by Gasteiger charge is -2.17. The van der Waals surface area contributed by atoms with Gasteiger partial charge in [0, 0.05) is 0 Å². The van der Waals surface area contributed by atoms with Crippen LogP contribution in [0.5, 0.6) is 0 Å². The number of hydrogen-bond acceptors (Lipinski definition) is 1. The molecule has 0 aliphatic heterocycles. The van der Waals surface area contributed by atoms with E-state index in [-0.39, 0.29) is 5.60 Å². The molecule has 1 aromatic rings. The van der Waals surface area contributed by atoms with Crippen molar-refractivity contribution in [2.45, 2.75) is 33.3 Å². The smallest absolute Gasteiger partial charge is 0.0657 e. The number of rotatable bonds is 3. The molecule has 0 N–H and O–H groups in total. The second-order valence-corrected chi connectivity index (χ2v) is 4.74. The second-order valence-electron chi connectivity index (χ2n) is 4.74. The van der Waals surface area contributed by atoms with Gasteiger partial charge in [0.1, 0.15) is 0 Å². The first-order chi connectivity index (χ1) is 6.97. The highest BCUT2D eigenvalue weighted by Crippen LogP contribution is 2.08. The van der Waals surface area contributed by atoms with Crippen LogP contribution in [0.1, 0.15) is 31.9 Å². The fraction of sp³-hybridized carbons (Fsp3) is 0.429. The molecule has 0 aliphatic carbocycles. The average molecular weight is 204 g/mol. The van der Waals surface area contributed by atoms with E-state index in [1.807, 2.05) is 0 Å². The molecule has 0 fully saturated rings. The fourth-order valence-corrected chi connectivity index (χ4v) is 1.16. The Morgan fingerprint density at radius 1 is 1.13 bits per heavy atom. The molecule has 0 spiro atoms. The van der Waals surface area contributed by atoms with E-state index in [4.69, 9.17) is 4.74 Å². The highest BCUT2D eigenvalue weighted by Gasteiger charge is 2.07. The molecule has 1 heteroatoms. The van der Waals surface area contributed by atoms with Gasteiger partial charge in [-0.1, -0.05) is 42.0 Å². The van der Waals surface area contributed by atoms with Crippen molar-refractivity contribution in [2.75, 3.05) is 6.61 Å². The summed E-state index contributed by atoms with van der Waals surface area (Å²) < 4.78 is 5.59. The molecule has 0 saturated heterocycles. The molecular formula is C14H20O. The first-order valence-corrected chi connectivity index (χ1v) is 5.34. The van der Waals surface area contributed by atoms with Gasteiger partial charge in [0.15, 0.2) is 0 Å². The van der Waals surface area contributed by atoms with Gasteiger partial charge < -0.3 is 4.74 Å². The number of benzene rings is 1. The van der Waals surface area contributed by atoms with E-state index in [9.17, 15) is 0 Å². The van der Waals surface area contributed by atoms with Gasteiger partial charge in [0.05, 0.1) is 12.2 Å². The van der Waals surface area contributed by atoms with Crippen LogP contribution in [0, 0.1) is 6.92 Å². The first-order valence-electron chi connectivity index (χ1n) is 5.34. The van der Waals surface area contributed by atoms with Crippen LogP contribution in [0.25, 0.3) is 6.08 Å². The summed E-state index contributed by atoms with van der Waals surface area (Å²) in [6.07, 6.45) is 4.14. The summed E-state index contributed by atoms with van der Waals surface area (Å²) in [5, 5.41) is 0. The van der Waals surface area contributed by atoms with Gasteiger partial charge in [-0.15, -0.1) is 0 Å². The molecule has 0 saturated carbocycles. The summed E-state index contributed by atoms with van der Waals surface area (Å²) in [6, 6.07) is 8.46. The summed E-state index contributed by atoms with van der Waals surface area (Å²) in [6.45, 7) is 8.94. The molecule has 1 nitrogen and oxygen atoms in total. The van der Waals surface area contributed by atoms with Crippen LogP contribution in [0.3, 0.4) is 0 Å². The van der Waals surface area contributed by atoms with Gasteiger partial charge in [-0.05, 0) is 33.3 Å². The molecule has 0 bridgehead atoms. The summed E-state index contributed by atoms with van der Waals surface area (Å²) in [5.74, 6) is 0. The lowest BCUT2D eigenvalue weighted by atomic mass is 10.1. The second kappa shape index (κ2) is 5.13. The summed E-state index contributed by atoms with van der Waals surface area (Å²) >= 11 is 0. The van der Waals surface area contributed by atoms with E-state index in [1.165, 1.54) is 11.1 Å². The highest BCUT2D eigenvalue weighted by atomic mass is 16.5. The minimum absolute atomic E-state index is 0.0579. The lowest BCUT2D eigenvalue weighted by molar-refractivity contribution is 0.0152. The van der Waals surface area contributed by atoms with Crippen molar-refractivity contribution in [3.8, 4) is 0 Å². The van der Waals surface area contributed by atoms with E-state index >= 15 is 0 Å². The Kier molecular flexibility index (Phi) is 4.10. The summed E-state index contributed by atoms with van der Waals surface area (Å²) in [4.78, 5) is 0. The van der Waals surface area contributed by atoms with E-state index in [1.54, 1.807) is 0 Å². The minimum atomic E-state index is -0.0579. The van der Waals surface area contributed by atoms with E-state index in [0.717, 1.165) is 0 Å². The monoisotopic (exact) mass is 204 g/mol.